The first-order valence-electron chi connectivity index (χ1n) is 4.32. The third kappa shape index (κ3) is 1.49. The van der Waals surface area contributed by atoms with Gasteiger partial charge in [0.25, 0.3) is 0 Å². The molecule has 0 bridgehead atoms. The molecule has 0 aliphatic rings. The molecule has 0 aliphatic heterocycles. The van der Waals surface area contributed by atoms with Crippen molar-refractivity contribution >= 4 is 0 Å². The van der Waals surface area contributed by atoms with Gasteiger partial charge in [0.1, 0.15) is 0 Å². The zero-order valence-corrected chi connectivity index (χ0v) is 7.83. The minimum Gasteiger partial charge on any atom is -0.318 e. The lowest BCUT2D eigenvalue weighted by atomic mass is 10.1. The number of nitrogens with two attached hydrogens (primary N) is 1. The van der Waals surface area contributed by atoms with Gasteiger partial charge in [-0.05, 0) is 16.0 Å². The maximum Gasteiger partial charge on any atom is 0.172 e. The molecule has 0 fully saturated rings. The van der Waals surface area contributed by atoms with Gasteiger partial charge in [-0.1, -0.05) is 30.3 Å². The van der Waals surface area contributed by atoms with Gasteiger partial charge in [0, 0.05) is 7.05 Å². The third-order valence-electron chi connectivity index (χ3n) is 2.09. The quantitative estimate of drug-likeness (QED) is 0.735. The summed E-state index contributed by atoms with van der Waals surface area (Å²) < 4.78 is 1.58. The Labute approximate surface area is 81.5 Å². The molecule has 0 amide bonds. The number of nitrogens with zero attached hydrogens (tertiary/aromatic N) is 4. The van der Waals surface area contributed by atoms with Crippen LogP contribution < -0.4 is 5.73 Å². The number of aryl methyl sites for hydroxylation is 1. The number of hydrogen-bond donors (Lipinski definition) is 1. The Morgan fingerprint density at radius 2 is 2.00 bits per heavy atom. The summed E-state index contributed by atoms with van der Waals surface area (Å²) in [4.78, 5) is 0. The zero-order valence-electron chi connectivity index (χ0n) is 7.83. The van der Waals surface area contributed by atoms with Crippen molar-refractivity contribution in [1.82, 2.24) is 20.2 Å². The van der Waals surface area contributed by atoms with Crippen molar-refractivity contribution in [3.8, 4) is 0 Å². The van der Waals surface area contributed by atoms with Crippen LogP contribution in [0, 0.1) is 0 Å². The zero-order chi connectivity index (χ0) is 9.97. The summed E-state index contributed by atoms with van der Waals surface area (Å²) in [7, 11) is 1.78. The number of rotatable bonds is 2. The highest BCUT2D eigenvalue weighted by molar-refractivity contribution is 5.23. The maximum absolute atomic E-state index is 6.00. The molecule has 1 atom stereocenters. The fraction of sp³-hybridized carbons (Fsp3) is 0.222. The van der Waals surface area contributed by atoms with Crippen molar-refractivity contribution in [2.75, 3.05) is 0 Å². The molecule has 1 heterocycles. The van der Waals surface area contributed by atoms with E-state index in [4.69, 9.17) is 5.73 Å². The van der Waals surface area contributed by atoms with Crippen molar-refractivity contribution in [2.24, 2.45) is 12.8 Å². The molecule has 0 saturated carbocycles. The molecule has 14 heavy (non-hydrogen) atoms. The second-order valence-corrected chi connectivity index (χ2v) is 3.05. The van der Waals surface area contributed by atoms with Gasteiger partial charge in [0.2, 0.25) is 0 Å². The monoisotopic (exact) mass is 189 g/mol. The van der Waals surface area contributed by atoms with Gasteiger partial charge in [0.15, 0.2) is 5.82 Å². The van der Waals surface area contributed by atoms with Crippen LogP contribution in [0.5, 0.6) is 0 Å². The molecule has 5 heteroatoms. The van der Waals surface area contributed by atoms with E-state index < -0.39 is 0 Å². The lowest BCUT2D eigenvalue weighted by molar-refractivity contribution is 0.648. The summed E-state index contributed by atoms with van der Waals surface area (Å²) in [5.41, 5.74) is 7.00. The number of benzene rings is 1. The first-order valence-corrected chi connectivity index (χ1v) is 4.32. The van der Waals surface area contributed by atoms with Gasteiger partial charge in [-0.25, -0.2) is 4.68 Å². The Bertz CT molecular complexity index is 408. The van der Waals surface area contributed by atoms with Crippen LogP contribution in [0.25, 0.3) is 0 Å². The van der Waals surface area contributed by atoms with Gasteiger partial charge in [-0.2, -0.15) is 0 Å². The maximum atomic E-state index is 6.00. The van der Waals surface area contributed by atoms with E-state index in [1.165, 1.54) is 0 Å². The van der Waals surface area contributed by atoms with E-state index in [9.17, 15) is 0 Å². The summed E-state index contributed by atoms with van der Waals surface area (Å²) in [5, 5.41) is 11.2. The van der Waals surface area contributed by atoms with Gasteiger partial charge >= 0.3 is 0 Å². The highest BCUT2D eigenvalue weighted by atomic mass is 15.5. The van der Waals surface area contributed by atoms with Gasteiger partial charge in [-0.15, -0.1) is 5.10 Å². The third-order valence-corrected chi connectivity index (χ3v) is 2.09. The predicted octanol–water partition coefficient (Wildman–Crippen LogP) is 0.258. The van der Waals surface area contributed by atoms with E-state index in [0.717, 1.165) is 5.56 Å². The molecular weight excluding hydrogens is 178 g/mol. The Kier molecular flexibility index (Phi) is 2.24. The molecule has 0 spiro atoms. The van der Waals surface area contributed by atoms with Gasteiger partial charge < -0.3 is 5.73 Å². The molecule has 5 nitrogen and oxygen atoms in total. The summed E-state index contributed by atoms with van der Waals surface area (Å²) in [5.74, 6) is 0.663. The molecule has 1 aromatic carbocycles. The molecule has 0 aliphatic carbocycles. The molecule has 1 aromatic heterocycles. The molecule has 1 unspecified atom stereocenters. The Morgan fingerprint density at radius 1 is 1.29 bits per heavy atom. The van der Waals surface area contributed by atoms with Crippen LogP contribution in [0.15, 0.2) is 30.3 Å². The van der Waals surface area contributed by atoms with E-state index in [2.05, 4.69) is 15.5 Å². The molecule has 0 saturated heterocycles. The van der Waals surface area contributed by atoms with Crippen LogP contribution in [0.1, 0.15) is 17.4 Å². The SMILES string of the molecule is Cn1nnnc1C(N)c1ccccc1. The van der Waals surface area contributed by atoms with E-state index in [1.807, 2.05) is 30.3 Å². The molecule has 2 rings (SSSR count). The van der Waals surface area contributed by atoms with Gasteiger partial charge in [-0.3, -0.25) is 0 Å². The van der Waals surface area contributed by atoms with Crippen molar-refractivity contribution in [3.63, 3.8) is 0 Å². The minimum atomic E-state index is -0.267. The Hall–Kier alpha value is -1.75. The van der Waals surface area contributed by atoms with Crippen LogP contribution in [-0.2, 0) is 7.05 Å². The summed E-state index contributed by atoms with van der Waals surface area (Å²) >= 11 is 0. The lowest BCUT2D eigenvalue weighted by Gasteiger charge is -2.09. The fourth-order valence-corrected chi connectivity index (χ4v) is 1.31. The normalized spacial score (nSPS) is 12.7. The van der Waals surface area contributed by atoms with Crippen LogP contribution in [-0.4, -0.2) is 20.2 Å². The van der Waals surface area contributed by atoms with E-state index in [0.29, 0.717) is 5.82 Å². The summed E-state index contributed by atoms with van der Waals surface area (Å²) in [6.45, 7) is 0. The van der Waals surface area contributed by atoms with Crippen LogP contribution >= 0.6 is 0 Å². The highest BCUT2D eigenvalue weighted by Crippen LogP contribution is 2.15. The average Bonchev–Trinajstić information content (AvgIpc) is 2.65. The van der Waals surface area contributed by atoms with Crippen LogP contribution in [0.4, 0.5) is 0 Å². The second kappa shape index (κ2) is 3.55. The average molecular weight is 189 g/mol. The van der Waals surface area contributed by atoms with Crippen molar-refractivity contribution in [2.45, 2.75) is 6.04 Å². The smallest absolute Gasteiger partial charge is 0.172 e. The van der Waals surface area contributed by atoms with E-state index in [1.54, 1.807) is 11.7 Å². The van der Waals surface area contributed by atoms with Gasteiger partial charge in [0.05, 0.1) is 6.04 Å². The van der Waals surface area contributed by atoms with Crippen molar-refractivity contribution in [1.29, 1.82) is 0 Å². The van der Waals surface area contributed by atoms with E-state index >= 15 is 0 Å². The fourth-order valence-electron chi connectivity index (χ4n) is 1.31. The van der Waals surface area contributed by atoms with Crippen molar-refractivity contribution < 1.29 is 0 Å². The van der Waals surface area contributed by atoms with Crippen molar-refractivity contribution in [3.05, 3.63) is 41.7 Å². The molecule has 72 valence electrons. The largest absolute Gasteiger partial charge is 0.318 e. The predicted molar refractivity (Wildman–Crippen MR) is 51.3 cm³/mol. The lowest BCUT2D eigenvalue weighted by Crippen LogP contribution is -2.16. The molecule has 0 radical (unpaired) electrons. The molecule has 2 aromatic rings. The Balaban J connectivity index is 2.34. The number of hydrogen-bond acceptors (Lipinski definition) is 4. The number of tetrazole rings is 1. The standard InChI is InChI=1S/C9H11N5/c1-14-9(11-12-13-14)8(10)7-5-3-2-4-6-7/h2-6,8H,10H2,1H3. The molecule has 2 N–H and O–H groups in total. The topological polar surface area (TPSA) is 69.6 Å². The van der Waals surface area contributed by atoms with Crippen LogP contribution in [0.2, 0.25) is 0 Å². The van der Waals surface area contributed by atoms with Crippen LogP contribution in [0.3, 0.4) is 0 Å². The van der Waals surface area contributed by atoms with E-state index in [-0.39, 0.29) is 6.04 Å². The minimum absolute atomic E-state index is 0.267. The summed E-state index contributed by atoms with van der Waals surface area (Å²) in [6, 6.07) is 9.48. The first-order chi connectivity index (χ1) is 6.79. The summed E-state index contributed by atoms with van der Waals surface area (Å²) in [6.07, 6.45) is 0. The Morgan fingerprint density at radius 3 is 2.57 bits per heavy atom. The first kappa shape index (κ1) is 8.83. The molecular formula is C9H11N5. The number of aromatic nitrogens is 4. The highest BCUT2D eigenvalue weighted by Gasteiger charge is 2.14. The second-order valence-electron chi connectivity index (χ2n) is 3.05.